The Kier molecular flexibility index (Phi) is 5.23. The van der Waals surface area contributed by atoms with Gasteiger partial charge in [0.2, 0.25) is 5.91 Å². The molecule has 114 valence electrons. The third kappa shape index (κ3) is 4.44. The largest absolute Gasteiger partial charge is 0.393 e. The Bertz CT molecular complexity index is 571. The van der Waals surface area contributed by atoms with Gasteiger partial charge < -0.3 is 16.4 Å². The summed E-state index contributed by atoms with van der Waals surface area (Å²) >= 11 is 0. The second-order valence-corrected chi connectivity index (χ2v) is 4.89. The summed E-state index contributed by atoms with van der Waals surface area (Å²) in [6.07, 6.45) is 0. The van der Waals surface area contributed by atoms with Crippen LogP contribution in [0.2, 0.25) is 0 Å². The highest BCUT2D eigenvalue weighted by atomic mass is 16.6. The van der Waals surface area contributed by atoms with E-state index in [9.17, 15) is 19.7 Å². The number of nitro benzene ring substituents is 1. The number of rotatable bonds is 5. The Labute approximate surface area is 121 Å². The predicted octanol–water partition coefficient (Wildman–Crippen LogP) is 0.820. The van der Waals surface area contributed by atoms with Crippen LogP contribution in [0, 0.1) is 10.1 Å². The first-order valence-corrected chi connectivity index (χ1v) is 6.37. The molecule has 0 spiro atoms. The summed E-state index contributed by atoms with van der Waals surface area (Å²) in [5, 5.41) is 15.8. The second kappa shape index (κ2) is 6.69. The Balaban J connectivity index is 2.78. The van der Waals surface area contributed by atoms with Crippen LogP contribution in [0.1, 0.15) is 31.1 Å². The van der Waals surface area contributed by atoms with Gasteiger partial charge in [-0.05, 0) is 32.9 Å². The first kappa shape index (κ1) is 16.4. The number of nitrogens with two attached hydrogens (primary N) is 1. The van der Waals surface area contributed by atoms with Crippen molar-refractivity contribution in [3.8, 4) is 0 Å². The van der Waals surface area contributed by atoms with E-state index in [1.807, 2.05) is 13.8 Å². The van der Waals surface area contributed by atoms with Crippen molar-refractivity contribution in [1.29, 1.82) is 0 Å². The summed E-state index contributed by atoms with van der Waals surface area (Å²) in [7, 11) is 0. The van der Waals surface area contributed by atoms with E-state index in [1.54, 1.807) is 6.92 Å². The van der Waals surface area contributed by atoms with E-state index < -0.39 is 16.9 Å². The van der Waals surface area contributed by atoms with Crippen LogP contribution in [0.5, 0.6) is 0 Å². The lowest BCUT2D eigenvalue weighted by molar-refractivity contribution is -0.383. The number of nitrogen functional groups attached to an aromatic ring is 1. The van der Waals surface area contributed by atoms with Crippen molar-refractivity contribution >= 4 is 23.2 Å². The predicted molar refractivity (Wildman–Crippen MR) is 77.7 cm³/mol. The molecule has 1 aromatic rings. The molecule has 0 heterocycles. The van der Waals surface area contributed by atoms with Gasteiger partial charge in [-0.3, -0.25) is 19.7 Å². The highest BCUT2D eigenvalue weighted by Crippen LogP contribution is 2.21. The van der Waals surface area contributed by atoms with Crippen LogP contribution in [0.4, 0.5) is 11.4 Å². The molecular weight excluding hydrogens is 276 g/mol. The van der Waals surface area contributed by atoms with Gasteiger partial charge in [0.15, 0.2) is 0 Å². The Hall–Kier alpha value is -2.64. The highest BCUT2D eigenvalue weighted by molar-refractivity contribution is 5.98. The lowest BCUT2D eigenvalue weighted by Gasteiger charge is -2.16. The van der Waals surface area contributed by atoms with Gasteiger partial charge in [0.1, 0.15) is 11.7 Å². The number of carbonyl (C=O) groups excluding carboxylic acids is 2. The van der Waals surface area contributed by atoms with Gasteiger partial charge in [-0.25, -0.2) is 0 Å². The summed E-state index contributed by atoms with van der Waals surface area (Å²) in [5.74, 6) is -0.837. The zero-order valence-corrected chi connectivity index (χ0v) is 12.0. The molecule has 0 aliphatic rings. The summed E-state index contributed by atoms with van der Waals surface area (Å²) in [6.45, 7) is 5.16. The van der Waals surface area contributed by atoms with E-state index in [0.29, 0.717) is 0 Å². The maximum atomic E-state index is 12.0. The smallest absolute Gasteiger partial charge is 0.292 e. The fourth-order valence-electron chi connectivity index (χ4n) is 1.62. The zero-order valence-electron chi connectivity index (χ0n) is 12.0. The maximum absolute atomic E-state index is 12.0. The molecule has 0 aromatic heterocycles. The number of nitrogens with zero attached hydrogens (tertiary/aromatic N) is 1. The molecule has 0 saturated heterocycles. The van der Waals surface area contributed by atoms with Crippen LogP contribution >= 0.6 is 0 Å². The van der Waals surface area contributed by atoms with Gasteiger partial charge in [-0.15, -0.1) is 0 Å². The average Bonchev–Trinajstić information content (AvgIpc) is 2.36. The van der Waals surface area contributed by atoms with Gasteiger partial charge in [0, 0.05) is 17.7 Å². The van der Waals surface area contributed by atoms with Crippen molar-refractivity contribution in [2.24, 2.45) is 0 Å². The average molecular weight is 294 g/mol. The molecule has 1 atom stereocenters. The van der Waals surface area contributed by atoms with Crippen LogP contribution in [0.25, 0.3) is 0 Å². The quantitative estimate of drug-likeness (QED) is 0.421. The Morgan fingerprint density at radius 2 is 1.86 bits per heavy atom. The van der Waals surface area contributed by atoms with E-state index in [1.165, 1.54) is 12.1 Å². The van der Waals surface area contributed by atoms with E-state index in [0.717, 1.165) is 6.07 Å². The van der Waals surface area contributed by atoms with Gasteiger partial charge in [0.25, 0.3) is 11.6 Å². The monoisotopic (exact) mass is 294 g/mol. The molecule has 4 N–H and O–H groups in total. The van der Waals surface area contributed by atoms with Crippen LogP contribution in [0.15, 0.2) is 18.2 Å². The van der Waals surface area contributed by atoms with Gasteiger partial charge in [-0.2, -0.15) is 0 Å². The van der Waals surface area contributed by atoms with E-state index in [-0.39, 0.29) is 28.9 Å². The van der Waals surface area contributed by atoms with Gasteiger partial charge in [-0.1, -0.05) is 0 Å². The van der Waals surface area contributed by atoms with Crippen LogP contribution in [-0.2, 0) is 4.79 Å². The highest BCUT2D eigenvalue weighted by Gasteiger charge is 2.19. The zero-order chi connectivity index (χ0) is 16.2. The number of hydrogen-bond acceptors (Lipinski definition) is 5. The van der Waals surface area contributed by atoms with Crippen LogP contribution in [0.3, 0.4) is 0 Å². The standard InChI is InChI=1S/C13H18N4O4/c1-7(2)15-12(18)8(3)16-13(19)9-4-5-11(17(20)21)10(14)6-9/h4-8H,14H2,1-3H3,(H,15,18)(H,16,19). The van der Waals surface area contributed by atoms with Crippen LogP contribution < -0.4 is 16.4 Å². The Morgan fingerprint density at radius 3 is 2.33 bits per heavy atom. The second-order valence-electron chi connectivity index (χ2n) is 4.89. The molecular formula is C13H18N4O4. The van der Waals surface area contributed by atoms with Crippen molar-refractivity contribution in [3.05, 3.63) is 33.9 Å². The van der Waals surface area contributed by atoms with Crippen molar-refractivity contribution in [2.75, 3.05) is 5.73 Å². The minimum absolute atomic E-state index is 0.0353. The SMILES string of the molecule is CC(C)NC(=O)C(C)NC(=O)c1ccc([N+](=O)[O-])c(N)c1. The summed E-state index contributed by atoms with van der Waals surface area (Å²) in [4.78, 5) is 33.7. The molecule has 8 nitrogen and oxygen atoms in total. The lowest BCUT2D eigenvalue weighted by atomic mass is 10.1. The molecule has 0 radical (unpaired) electrons. The molecule has 1 unspecified atom stereocenters. The van der Waals surface area contributed by atoms with Crippen LogP contribution in [-0.4, -0.2) is 28.8 Å². The summed E-state index contributed by atoms with van der Waals surface area (Å²) < 4.78 is 0. The first-order valence-electron chi connectivity index (χ1n) is 6.37. The molecule has 0 bridgehead atoms. The number of carbonyl (C=O) groups is 2. The Morgan fingerprint density at radius 1 is 1.24 bits per heavy atom. The van der Waals surface area contributed by atoms with E-state index in [2.05, 4.69) is 10.6 Å². The third-order valence-electron chi connectivity index (χ3n) is 2.66. The minimum atomic E-state index is -0.726. The van der Waals surface area contributed by atoms with Gasteiger partial charge in [0.05, 0.1) is 4.92 Å². The fourth-order valence-corrected chi connectivity index (χ4v) is 1.62. The molecule has 21 heavy (non-hydrogen) atoms. The van der Waals surface area contributed by atoms with Gasteiger partial charge >= 0.3 is 0 Å². The number of hydrogen-bond donors (Lipinski definition) is 3. The molecule has 0 saturated carbocycles. The normalized spacial score (nSPS) is 11.8. The summed E-state index contributed by atoms with van der Waals surface area (Å²) in [6, 6.07) is 2.89. The minimum Gasteiger partial charge on any atom is -0.393 e. The number of anilines is 1. The first-order chi connectivity index (χ1) is 9.72. The van der Waals surface area contributed by atoms with Crippen molar-refractivity contribution < 1.29 is 14.5 Å². The number of nitrogens with one attached hydrogen (secondary N) is 2. The van der Waals surface area contributed by atoms with Crippen molar-refractivity contribution in [2.45, 2.75) is 32.9 Å². The molecule has 0 aliphatic heterocycles. The van der Waals surface area contributed by atoms with Crippen molar-refractivity contribution in [3.63, 3.8) is 0 Å². The van der Waals surface area contributed by atoms with E-state index >= 15 is 0 Å². The molecule has 1 rings (SSSR count). The molecule has 2 amide bonds. The lowest BCUT2D eigenvalue weighted by Crippen LogP contribution is -2.46. The van der Waals surface area contributed by atoms with E-state index in [4.69, 9.17) is 5.73 Å². The number of nitro groups is 1. The van der Waals surface area contributed by atoms with Crippen molar-refractivity contribution in [1.82, 2.24) is 10.6 Å². The molecule has 0 aliphatic carbocycles. The number of benzene rings is 1. The molecule has 0 fully saturated rings. The molecule has 1 aromatic carbocycles. The summed E-state index contributed by atoms with van der Waals surface area (Å²) in [5.41, 5.74) is 5.30. The fraction of sp³-hybridized carbons (Fsp3) is 0.385. The maximum Gasteiger partial charge on any atom is 0.292 e. The number of amides is 2. The topological polar surface area (TPSA) is 127 Å². The molecule has 8 heteroatoms. The third-order valence-corrected chi connectivity index (χ3v) is 2.66.